The highest BCUT2D eigenvalue weighted by atomic mass is 79.9. The summed E-state index contributed by atoms with van der Waals surface area (Å²) in [5.41, 5.74) is -0.301. The summed E-state index contributed by atoms with van der Waals surface area (Å²) in [5.74, 6) is -0.0571. The Morgan fingerprint density at radius 2 is 2.26 bits per heavy atom. The van der Waals surface area contributed by atoms with Gasteiger partial charge in [0.15, 0.2) is 0 Å². The van der Waals surface area contributed by atoms with E-state index < -0.39 is 5.82 Å². The molecular weight excluding hydrogens is 315 g/mol. The van der Waals surface area contributed by atoms with Crippen LogP contribution in [0.1, 0.15) is 13.3 Å². The van der Waals surface area contributed by atoms with E-state index in [1.807, 2.05) is 6.92 Å². The average molecular weight is 327 g/mol. The summed E-state index contributed by atoms with van der Waals surface area (Å²) in [6.07, 6.45) is 3.95. The van der Waals surface area contributed by atoms with Crippen molar-refractivity contribution in [1.29, 1.82) is 0 Å². The Morgan fingerprint density at radius 1 is 1.47 bits per heavy atom. The number of rotatable bonds is 4. The van der Waals surface area contributed by atoms with E-state index >= 15 is 0 Å². The third kappa shape index (κ3) is 3.20. The minimum atomic E-state index is -0.392. The van der Waals surface area contributed by atoms with E-state index in [0.717, 1.165) is 6.42 Å². The van der Waals surface area contributed by atoms with Crippen molar-refractivity contribution in [3.05, 3.63) is 51.2 Å². The minimum absolute atomic E-state index is 0.0190. The summed E-state index contributed by atoms with van der Waals surface area (Å²) >= 11 is 3.06. The van der Waals surface area contributed by atoms with Gasteiger partial charge in [0, 0.05) is 18.9 Å². The molecule has 0 aliphatic rings. The monoisotopic (exact) mass is 326 g/mol. The zero-order valence-corrected chi connectivity index (χ0v) is 11.9. The van der Waals surface area contributed by atoms with Crippen LogP contribution in [-0.4, -0.2) is 9.55 Å². The molecule has 6 heteroatoms. The number of aromatic nitrogens is 2. The molecule has 4 nitrogen and oxygen atoms in total. The lowest BCUT2D eigenvalue weighted by Gasteiger charge is -2.07. The van der Waals surface area contributed by atoms with Crippen molar-refractivity contribution in [1.82, 2.24) is 9.55 Å². The Bertz CT molecular complexity index is 643. The second-order valence-electron chi connectivity index (χ2n) is 3.91. The van der Waals surface area contributed by atoms with Crippen LogP contribution in [0.5, 0.6) is 11.6 Å². The van der Waals surface area contributed by atoms with E-state index in [1.54, 1.807) is 6.20 Å². The van der Waals surface area contributed by atoms with Gasteiger partial charge in [-0.1, -0.05) is 6.92 Å². The Morgan fingerprint density at radius 3 is 2.95 bits per heavy atom. The van der Waals surface area contributed by atoms with Crippen LogP contribution in [0, 0.1) is 5.82 Å². The maximum Gasteiger partial charge on any atom is 0.313 e. The quantitative estimate of drug-likeness (QED) is 0.865. The van der Waals surface area contributed by atoms with Crippen molar-refractivity contribution in [2.45, 2.75) is 19.9 Å². The van der Waals surface area contributed by atoms with Gasteiger partial charge >= 0.3 is 5.56 Å². The number of halogens is 2. The molecule has 1 heterocycles. The number of benzene rings is 1. The molecule has 0 spiro atoms. The van der Waals surface area contributed by atoms with Gasteiger partial charge < -0.3 is 9.30 Å². The lowest BCUT2D eigenvalue weighted by molar-refractivity contribution is 0.441. The molecule has 0 bridgehead atoms. The van der Waals surface area contributed by atoms with E-state index in [4.69, 9.17) is 4.74 Å². The third-order valence-corrected chi connectivity index (χ3v) is 3.06. The topological polar surface area (TPSA) is 44.1 Å². The van der Waals surface area contributed by atoms with Crippen LogP contribution in [0.3, 0.4) is 0 Å². The van der Waals surface area contributed by atoms with Crippen LogP contribution >= 0.6 is 15.9 Å². The Hall–Kier alpha value is -1.69. The molecule has 0 saturated carbocycles. The third-order valence-electron chi connectivity index (χ3n) is 2.45. The molecule has 0 amide bonds. The van der Waals surface area contributed by atoms with Crippen molar-refractivity contribution in [2.24, 2.45) is 0 Å². The Labute approximate surface area is 118 Å². The lowest BCUT2D eigenvalue weighted by Crippen LogP contribution is -2.21. The second-order valence-corrected chi connectivity index (χ2v) is 4.76. The van der Waals surface area contributed by atoms with Gasteiger partial charge in [-0.25, -0.2) is 9.37 Å². The first-order valence-corrected chi connectivity index (χ1v) is 6.59. The second kappa shape index (κ2) is 5.97. The van der Waals surface area contributed by atoms with E-state index in [2.05, 4.69) is 20.9 Å². The summed E-state index contributed by atoms with van der Waals surface area (Å²) < 4.78 is 20.3. The first-order chi connectivity index (χ1) is 9.11. The SMILES string of the molecule is CCCn1ccnc(Oc2ccc(F)c(Br)c2)c1=O. The van der Waals surface area contributed by atoms with Gasteiger partial charge in [-0.05, 0) is 40.5 Å². The average Bonchev–Trinajstić information content (AvgIpc) is 2.39. The van der Waals surface area contributed by atoms with Crippen LogP contribution in [0.15, 0.2) is 39.9 Å². The van der Waals surface area contributed by atoms with E-state index in [0.29, 0.717) is 12.3 Å². The Balaban J connectivity index is 2.30. The fraction of sp³-hybridized carbons (Fsp3) is 0.231. The minimum Gasteiger partial charge on any atom is -0.435 e. The van der Waals surface area contributed by atoms with Crippen LogP contribution in [0.25, 0.3) is 0 Å². The number of nitrogens with zero attached hydrogens (tertiary/aromatic N) is 2. The number of aryl methyl sites for hydroxylation is 1. The predicted molar refractivity (Wildman–Crippen MR) is 73.0 cm³/mol. The molecule has 1 aromatic carbocycles. The summed E-state index contributed by atoms with van der Waals surface area (Å²) in [7, 11) is 0. The first kappa shape index (κ1) is 13.7. The van der Waals surface area contributed by atoms with Crippen molar-refractivity contribution < 1.29 is 9.13 Å². The van der Waals surface area contributed by atoms with Crippen molar-refractivity contribution >= 4 is 15.9 Å². The fourth-order valence-electron chi connectivity index (χ4n) is 1.57. The molecule has 0 N–H and O–H groups in total. The molecule has 0 unspecified atom stereocenters. The predicted octanol–water partition coefficient (Wildman–Crippen LogP) is 3.35. The van der Waals surface area contributed by atoms with Crippen LogP contribution in [0.4, 0.5) is 4.39 Å². The molecule has 2 rings (SSSR count). The molecule has 1 aromatic heterocycles. The van der Waals surface area contributed by atoms with E-state index in [9.17, 15) is 9.18 Å². The van der Waals surface area contributed by atoms with Gasteiger partial charge in [0.2, 0.25) is 0 Å². The standard InChI is InChI=1S/C13H12BrFN2O2/c1-2-6-17-7-5-16-12(13(17)18)19-9-3-4-11(15)10(14)8-9/h3-5,7-8H,2,6H2,1H3. The number of hydrogen-bond donors (Lipinski definition) is 0. The zero-order valence-electron chi connectivity index (χ0n) is 10.3. The molecule has 0 atom stereocenters. The molecule has 19 heavy (non-hydrogen) atoms. The Kier molecular flexibility index (Phi) is 4.31. The maximum atomic E-state index is 13.1. The molecule has 0 aliphatic carbocycles. The van der Waals surface area contributed by atoms with Crippen molar-refractivity contribution in [2.75, 3.05) is 0 Å². The van der Waals surface area contributed by atoms with E-state index in [-0.39, 0.29) is 15.9 Å². The smallest absolute Gasteiger partial charge is 0.313 e. The van der Waals surface area contributed by atoms with Gasteiger partial charge in [0.1, 0.15) is 11.6 Å². The molecule has 0 aliphatic heterocycles. The maximum absolute atomic E-state index is 13.1. The summed E-state index contributed by atoms with van der Waals surface area (Å²) in [4.78, 5) is 15.9. The van der Waals surface area contributed by atoms with Gasteiger partial charge in [0.05, 0.1) is 4.47 Å². The van der Waals surface area contributed by atoms with Gasteiger partial charge in [-0.2, -0.15) is 0 Å². The highest BCUT2D eigenvalue weighted by Crippen LogP contribution is 2.23. The number of ether oxygens (including phenoxy) is 1. The van der Waals surface area contributed by atoms with Crippen LogP contribution in [0.2, 0.25) is 0 Å². The highest BCUT2D eigenvalue weighted by molar-refractivity contribution is 9.10. The molecule has 0 saturated heterocycles. The van der Waals surface area contributed by atoms with Crippen LogP contribution < -0.4 is 10.3 Å². The van der Waals surface area contributed by atoms with Gasteiger partial charge in [-0.15, -0.1) is 0 Å². The van der Waals surface area contributed by atoms with Crippen LogP contribution in [-0.2, 0) is 6.54 Å². The lowest BCUT2D eigenvalue weighted by atomic mass is 10.3. The highest BCUT2D eigenvalue weighted by Gasteiger charge is 2.08. The number of hydrogen-bond acceptors (Lipinski definition) is 3. The molecule has 2 aromatic rings. The molecular formula is C13H12BrFN2O2. The first-order valence-electron chi connectivity index (χ1n) is 5.80. The summed E-state index contributed by atoms with van der Waals surface area (Å²) in [5, 5.41) is 0. The molecule has 0 fully saturated rings. The van der Waals surface area contributed by atoms with E-state index in [1.165, 1.54) is 29.0 Å². The van der Waals surface area contributed by atoms with Crippen molar-refractivity contribution in [3.63, 3.8) is 0 Å². The van der Waals surface area contributed by atoms with Gasteiger partial charge in [-0.3, -0.25) is 4.79 Å². The summed E-state index contributed by atoms with van der Waals surface area (Å²) in [6, 6.07) is 4.15. The zero-order chi connectivity index (χ0) is 13.8. The summed E-state index contributed by atoms with van der Waals surface area (Å²) in [6.45, 7) is 2.58. The largest absolute Gasteiger partial charge is 0.435 e. The molecule has 0 radical (unpaired) electrons. The normalized spacial score (nSPS) is 10.5. The van der Waals surface area contributed by atoms with Gasteiger partial charge in [0.25, 0.3) is 5.88 Å². The molecule has 100 valence electrons. The van der Waals surface area contributed by atoms with Crippen molar-refractivity contribution in [3.8, 4) is 11.6 Å². The fourth-order valence-corrected chi connectivity index (χ4v) is 1.92.